The largest absolute Gasteiger partial charge is 0.497 e. The van der Waals surface area contributed by atoms with Crippen molar-refractivity contribution in [3.8, 4) is 5.75 Å². The van der Waals surface area contributed by atoms with Gasteiger partial charge in [0.2, 0.25) is 5.91 Å². The monoisotopic (exact) mass is 355 g/mol. The number of carbonyl (C=O) groups excluding carboxylic acids is 2. The predicted octanol–water partition coefficient (Wildman–Crippen LogP) is 2.17. The number of aromatic amines is 1. The van der Waals surface area contributed by atoms with Crippen molar-refractivity contribution in [2.24, 2.45) is 0 Å². The number of nitrogens with one attached hydrogen (secondary N) is 1. The standard InChI is InChI=1S/C20H25N3O3/c1-14-11-17(15(2)21-14)13-19(24)22-7-9-23(10-8-22)20(25)16-5-4-6-18(12-16)26-3/h4-6,11-12,21H,7-10,13H2,1-3H3. The van der Waals surface area contributed by atoms with Crippen LogP contribution in [0.15, 0.2) is 30.3 Å². The fourth-order valence-corrected chi connectivity index (χ4v) is 3.34. The minimum absolute atomic E-state index is 0.0203. The Balaban J connectivity index is 1.57. The molecule has 1 aromatic heterocycles. The Morgan fingerprint density at radius 3 is 2.38 bits per heavy atom. The molecule has 0 radical (unpaired) electrons. The van der Waals surface area contributed by atoms with E-state index in [1.54, 1.807) is 24.1 Å². The van der Waals surface area contributed by atoms with E-state index in [4.69, 9.17) is 4.74 Å². The number of hydrogen-bond acceptors (Lipinski definition) is 3. The van der Waals surface area contributed by atoms with E-state index >= 15 is 0 Å². The number of benzene rings is 1. The number of aromatic nitrogens is 1. The molecule has 1 saturated heterocycles. The third-order valence-electron chi connectivity index (χ3n) is 4.84. The van der Waals surface area contributed by atoms with Gasteiger partial charge < -0.3 is 19.5 Å². The Morgan fingerprint density at radius 2 is 1.77 bits per heavy atom. The highest BCUT2D eigenvalue weighted by atomic mass is 16.5. The van der Waals surface area contributed by atoms with E-state index in [2.05, 4.69) is 4.98 Å². The predicted molar refractivity (Wildman–Crippen MR) is 99.4 cm³/mol. The highest BCUT2D eigenvalue weighted by Gasteiger charge is 2.25. The van der Waals surface area contributed by atoms with Crippen molar-refractivity contribution in [2.45, 2.75) is 20.3 Å². The van der Waals surface area contributed by atoms with E-state index in [0.717, 1.165) is 17.0 Å². The normalized spacial score (nSPS) is 14.4. The van der Waals surface area contributed by atoms with Crippen LogP contribution >= 0.6 is 0 Å². The van der Waals surface area contributed by atoms with Crippen molar-refractivity contribution in [2.75, 3.05) is 33.3 Å². The quantitative estimate of drug-likeness (QED) is 0.914. The van der Waals surface area contributed by atoms with Crippen LogP contribution in [0.3, 0.4) is 0 Å². The van der Waals surface area contributed by atoms with Crippen LogP contribution < -0.4 is 4.74 Å². The molecule has 2 aromatic rings. The van der Waals surface area contributed by atoms with Gasteiger partial charge in [-0.15, -0.1) is 0 Å². The number of piperazine rings is 1. The fraction of sp³-hybridized carbons (Fsp3) is 0.400. The van der Waals surface area contributed by atoms with Crippen LogP contribution in [0.1, 0.15) is 27.3 Å². The number of amides is 2. The highest BCUT2D eigenvalue weighted by Crippen LogP contribution is 2.16. The van der Waals surface area contributed by atoms with E-state index < -0.39 is 0 Å². The first-order valence-electron chi connectivity index (χ1n) is 8.84. The minimum Gasteiger partial charge on any atom is -0.497 e. The van der Waals surface area contributed by atoms with Crippen LogP contribution in [0.5, 0.6) is 5.75 Å². The van der Waals surface area contributed by atoms with Crippen LogP contribution in [0, 0.1) is 13.8 Å². The zero-order valence-electron chi connectivity index (χ0n) is 15.5. The second kappa shape index (κ2) is 7.64. The number of H-pyrrole nitrogens is 1. The SMILES string of the molecule is COc1cccc(C(=O)N2CCN(C(=O)Cc3cc(C)[nH]c3C)CC2)c1. The van der Waals surface area contributed by atoms with Crippen molar-refractivity contribution < 1.29 is 14.3 Å². The molecular weight excluding hydrogens is 330 g/mol. The molecule has 0 spiro atoms. The van der Waals surface area contributed by atoms with Gasteiger partial charge in [0.05, 0.1) is 13.5 Å². The fourth-order valence-electron chi connectivity index (χ4n) is 3.34. The van der Waals surface area contributed by atoms with E-state index in [-0.39, 0.29) is 11.8 Å². The van der Waals surface area contributed by atoms with Gasteiger partial charge in [-0.1, -0.05) is 6.07 Å². The van der Waals surface area contributed by atoms with Crippen molar-refractivity contribution in [1.29, 1.82) is 0 Å². The van der Waals surface area contributed by atoms with Gasteiger partial charge >= 0.3 is 0 Å². The van der Waals surface area contributed by atoms with Gasteiger partial charge in [-0.2, -0.15) is 0 Å². The second-order valence-electron chi connectivity index (χ2n) is 6.68. The summed E-state index contributed by atoms with van der Waals surface area (Å²) in [5, 5.41) is 0. The summed E-state index contributed by atoms with van der Waals surface area (Å²) in [4.78, 5) is 32.1. The molecule has 0 atom stereocenters. The van der Waals surface area contributed by atoms with Crippen molar-refractivity contribution in [1.82, 2.24) is 14.8 Å². The van der Waals surface area contributed by atoms with Gasteiger partial charge in [-0.3, -0.25) is 9.59 Å². The van der Waals surface area contributed by atoms with Gasteiger partial charge in [-0.05, 0) is 43.7 Å². The number of carbonyl (C=O) groups is 2. The summed E-state index contributed by atoms with van der Waals surface area (Å²) in [5.74, 6) is 0.760. The Kier molecular flexibility index (Phi) is 5.30. The summed E-state index contributed by atoms with van der Waals surface area (Å²) in [6.07, 6.45) is 0.403. The number of ether oxygens (including phenoxy) is 1. The van der Waals surface area contributed by atoms with Crippen molar-refractivity contribution >= 4 is 11.8 Å². The van der Waals surface area contributed by atoms with Crippen LogP contribution in [0.4, 0.5) is 0 Å². The lowest BCUT2D eigenvalue weighted by molar-refractivity contribution is -0.131. The first kappa shape index (κ1) is 18.0. The number of hydrogen-bond donors (Lipinski definition) is 1. The second-order valence-corrected chi connectivity index (χ2v) is 6.68. The molecule has 6 heteroatoms. The van der Waals surface area contributed by atoms with Gasteiger partial charge in [0.1, 0.15) is 5.75 Å². The van der Waals surface area contributed by atoms with Gasteiger partial charge in [0, 0.05) is 43.1 Å². The Hall–Kier alpha value is -2.76. The van der Waals surface area contributed by atoms with Crippen LogP contribution in [-0.4, -0.2) is 59.9 Å². The summed E-state index contributed by atoms with van der Waals surface area (Å²) in [6, 6.07) is 9.19. The van der Waals surface area contributed by atoms with E-state index in [0.29, 0.717) is 43.9 Å². The first-order chi connectivity index (χ1) is 12.5. The van der Waals surface area contributed by atoms with Crippen LogP contribution in [0.25, 0.3) is 0 Å². The van der Waals surface area contributed by atoms with E-state index in [1.807, 2.05) is 36.9 Å². The molecule has 0 aliphatic carbocycles. The molecule has 2 heterocycles. The maximum absolute atomic E-state index is 12.6. The number of aryl methyl sites for hydroxylation is 2. The number of nitrogens with zero attached hydrogens (tertiary/aromatic N) is 2. The molecular formula is C20H25N3O3. The molecule has 0 saturated carbocycles. The summed E-state index contributed by atoms with van der Waals surface area (Å²) in [5.41, 5.74) is 3.77. The van der Waals surface area contributed by atoms with Gasteiger partial charge in [0.25, 0.3) is 5.91 Å². The highest BCUT2D eigenvalue weighted by molar-refractivity contribution is 5.94. The molecule has 0 bridgehead atoms. The number of rotatable bonds is 4. The van der Waals surface area contributed by atoms with Crippen molar-refractivity contribution in [3.05, 3.63) is 52.8 Å². The molecule has 1 aliphatic rings. The van der Waals surface area contributed by atoms with Crippen LogP contribution in [-0.2, 0) is 11.2 Å². The molecule has 2 amide bonds. The summed E-state index contributed by atoms with van der Waals surface area (Å²) < 4.78 is 5.18. The maximum atomic E-state index is 12.6. The topological polar surface area (TPSA) is 65.6 Å². The van der Waals surface area contributed by atoms with Gasteiger partial charge in [-0.25, -0.2) is 0 Å². The lowest BCUT2D eigenvalue weighted by Gasteiger charge is -2.35. The first-order valence-corrected chi connectivity index (χ1v) is 8.84. The zero-order chi connectivity index (χ0) is 18.7. The minimum atomic E-state index is -0.0203. The lowest BCUT2D eigenvalue weighted by atomic mass is 10.1. The molecule has 1 aliphatic heterocycles. The molecule has 1 aromatic carbocycles. The molecule has 138 valence electrons. The maximum Gasteiger partial charge on any atom is 0.254 e. The summed E-state index contributed by atoms with van der Waals surface area (Å²) in [7, 11) is 1.58. The zero-order valence-corrected chi connectivity index (χ0v) is 15.5. The lowest BCUT2D eigenvalue weighted by Crippen LogP contribution is -2.51. The molecule has 1 fully saturated rings. The average Bonchev–Trinajstić information content (AvgIpc) is 2.98. The Bertz CT molecular complexity index is 804. The van der Waals surface area contributed by atoms with E-state index in [9.17, 15) is 9.59 Å². The molecule has 26 heavy (non-hydrogen) atoms. The van der Waals surface area contributed by atoms with Crippen LogP contribution in [0.2, 0.25) is 0 Å². The van der Waals surface area contributed by atoms with Crippen molar-refractivity contribution in [3.63, 3.8) is 0 Å². The molecule has 0 unspecified atom stereocenters. The third-order valence-corrected chi connectivity index (χ3v) is 4.84. The molecule has 1 N–H and O–H groups in total. The average molecular weight is 355 g/mol. The number of methoxy groups -OCH3 is 1. The molecule has 6 nitrogen and oxygen atoms in total. The Morgan fingerprint density at radius 1 is 1.08 bits per heavy atom. The smallest absolute Gasteiger partial charge is 0.254 e. The molecule has 3 rings (SSSR count). The van der Waals surface area contributed by atoms with Gasteiger partial charge in [0.15, 0.2) is 0 Å². The summed E-state index contributed by atoms with van der Waals surface area (Å²) in [6.45, 7) is 6.21. The summed E-state index contributed by atoms with van der Waals surface area (Å²) >= 11 is 0. The Labute approximate surface area is 153 Å². The van der Waals surface area contributed by atoms with E-state index in [1.165, 1.54) is 0 Å². The third kappa shape index (κ3) is 3.90.